The molecule has 1 N–H and O–H groups in total. The summed E-state index contributed by atoms with van der Waals surface area (Å²) in [5.74, 6) is 1.87. The summed E-state index contributed by atoms with van der Waals surface area (Å²) in [4.78, 5) is 0. The summed E-state index contributed by atoms with van der Waals surface area (Å²) in [7, 11) is 1.70. The Morgan fingerprint density at radius 3 is 2.61 bits per heavy atom. The zero-order valence-electron chi connectivity index (χ0n) is 11.7. The van der Waals surface area contributed by atoms with Crippen molar-refractivity contribution in [3.63, 3.8) is 0 Å². The number of nitrogens with one attached hydrogen (secondary N) is 1. The number of methoxy groups -OCH3 is 1. The van der Waals surface area contributed by atoms with Gasteiger partial charge in [0, 0.05) is 12.1 Å². The van der Waals surface area contributed by atoms with Crippen molar-refractivity contribution in [1.82, 2.24) is 5.32 Å². The van der Waals surface area contributed by atoms with Crippen LogP contribution in [0.2, 0.25) is 0 Å². The third-order valence-electron chi connectivity index (χ3n) is 3.30. The Kier molecular flexibility index (Phi) is 3.81. The van der Waals surface area contributed by atoms with Gasteiger partial charge < -0.3 is 14.8 Å². The van der Waals surface area contributed by atoms with Gasteiger partial charge in [0.25, 0.3) is 0 Å². The number of hydrogen-bond donors (Lipinski definition) is 1. The Morgan fingerprint density at radius 1 is 1.28 bits per heavy atom. The van der Waals surface area contributed by atoms with Gasteiger partial charge >= 0.3 is 0 Å². The molecule has 1 aromatic rings. The first-order chi connectivity index (χ1) is 8.50. The lowest BCUT2D eigenvalue weighted by molar-refractivity contribution is 0.217. The molecule has 1 saturated heterocycles. The minimum atomic E-state index is 0.0515. The van der Waals surface area contributed by atoms with Crippen LogP contribution in [-0.4, -0.2) is 26.3 Å². The minimum absolute atomic E-state index is 0.0515. The van der Waals surface area contributed by atoms with E-state index in [1.165, 1.54) is 5.56 Å². The molecular formula is C15H23NO2. The Hall–Kier alpha value is -1.22. The molecule has 3 heteroatoms. The van der Waals surface area contributed by atoms with E-state index in [1.54, 1.807) is 7.11 Å². The van der Waals surface area contributed by atoms with E-state index >= 15 is 0 Å². The van der Waals surface area contributed by atoms with E-state index in [2.05, 4.69) is 32.2 Å². The highest BCUT2D eigenvalue weighted by atomic mass is 16.5. The van der Waals surface area contributed by atoms with Gasteiger partial charge in [-0.2, -0.15) is 0 Å². The van der Waals surface area contributed by atoms with Gasteiger partial charge in [-0.1, -0.05) is 20.8 Å². The van der Waals surface area contributed by atoms with E-state index in [0.717, 1.165) is 31.0 Å². The van der Waals surface area contributed by atoms with Crippen LogP contribution in [0.25, 0.3) is 0 Å². The summed E-state index contributed by atoms with van der Waals surface area (Å²) in [6.45, 7) is 8.58. The summed E-state index contributed by atoms with van der Waals surface area (Å²) in [5.41, 5.74) is 1.25. The van der Waals surface area contributed by atoms with Gasteiger partial charge in [-0.05, 0) is 36.6 Å². The highest BCUT2D eigenvalue weighted by molar-refractivity contribution is 5.44. The molecule has 0 aromatic heterocycles. The maximum absolute atomic E-state index is 6.11. The predicted octanol–water partition coefficient (Wildman–Crippen LogP) is 2.73. The lowest BCUT2D eigenvalue weighted by Gasteiger charge is -2.25. The molecule has 1 aliphatic rings. The maximum atomic E-state index is 6.11. The summed E-state index contributed by atoms with van der Waals surface area (Å²) in [6.07, 6.45) is 1.37. The maximum Gasteiger partial charge on any atom is 0.123 e. The molecule has 0 aliphatic carbocycles. The van der Waals surface area contributed by atoms with Crippen LogP contribution >= 0.6 is 0 Å². The SMILES string of the molecule is COc1ccc(O[C@H]2CCNC2)c(C(C)(C)C)c1. The molecule has 2 rings (SSSR count). The van der Waals surface area contributed by atoms with E-state index in [9.17, 15) is 0 Å². The van der Waals surface area contributed by atoms with Crippen molar-refractivity contribution in [3.05, 3.63) is 23.8 Å². The van der Waals surface area contributed by atoms with Gasteiger partial charge in [0.2, 0.25) is 0 Å². The Balaban J connectivity index is 2.27. The number of hydrogen-bond acceptors (Lipinski definition) is 3. The predicted molar refractivity (Wildman–Crippen MR) is 73.6 cm³/mol. The Morgan fingerprint density at radius 2 is 2.06 bits per heavy atom. The first kappa shape index (κ1) is 13.2. The van der Waals surface area contributed by atoms with Gasteiger partial charge in [-0.15, -0.1) is 0 Å². The average molecular weight is 249 g/mol. The number of rotatable bonds is 3. The van der Waals surface area contributed by atoms with Crippen molar-refractivity contribution in [2.75, 3.05) is 20.2 Å². The molecule has 0 radical (unpaired) electrons. The average Bonchev–Trinajstić information content (AvgIpc) is 2.81. The van der Waals surface area contributed by atoms with Crippen molar-refractivity contribution in [2.45, 2.75) is 38.7 Å². The molecule has 0 amide bonds. The topological polar surface area (TPSA) is 30.5 Å². The minimum Gasteiger partial charge on any atom is -0.497 e. The fourth-order valence-corrected chi connectivity index (χ4v) is 2.23. The molecule has 18 heavy (non-hydrogen) atoms. The highest BCUT2D eigenvalue weighted by Crippen LogP contribution is 2.35. The summed E-state index contributed by atoms with van der Waals surface area (Å²) in [6, 6.07) is 6.07. The zero-order valence-corrected chi connectivity index (χ0v) is 11.7. The van der Waals surface area contributed by atoms with E-state index in [-0.39, 0.29) is 5.41 Å². The first-order valence-electron chi connectivity index (χ1n) is 6.56. The van der Waals surface area contributed by atoms with Crippen molar-refractivity contribution < 1.29 is 9.47 Å². The molecule has 1 aromatic carbocycles. The lowest BCUT2D eigenvalue weighted by atomic mass is 9.86. The van der Waals surface area contributed by atoms with Gasteiger partial charge in [-0.3, -0.25) is 0 Å². The molecule has 1 fully saturated rings. The van der Waals surface area contributed by atoms with E-state index in [1.807, 2.05) is 12.1 Å². The molecule has 0 spiro atoms. The molecule has 1 heterocycles. The first-order valence-corrected chi connectivity index (χ1v) is 6.56. The molecule has 0 bridgehead atoms. The third-order valence-corrected chi connectivity index (χ3v) is 3.30. The lowest BCUT2D eigenvalue weighted by Crippen LogP contribution is -2.22. The third kappa shape index (κ3) is 2.96. The van der Waals surface area contributed by atoms with Crippen LogP contribution < -0.4 is 14.8 Å². The quantitative estimate of drug-likeness (QED) is 0.893. The van der Waals surface area contributed by atoms with Gasteiger partial charge in [0.05, 0.1) is 7.11 Å². The molecule has 100 valence electrons. The largest absolute Gasteiger partial charge is 0.497 e. The summed E-state index contributed by atoms with van der Waals surface area (Å²) < 4.78 is 11.4. The van der Waals surface area contributed by atoms with Gasteiger partial charge in [0.15, 0.2) is 0 Å². The summed E-state index contributed by atoms with van der Waals surface area (Å²) in [5, 5.41) is 3.32. The van der Waals surface area contributed by atoms with Crippen molar-refractivity contribution >= 4 is 0 Å². The Labute approximate surface area is 109 Å². The van der Waals surface area contributed by atoms with Crippen LogP contribution in [0.3, 0.4) is 0 Å². The smallest absolute Gasteiger partial charge is 0.123 e. The molecule has 3 nitrogen and oxygen atoms in total. The molecular weight excluding hydrogens is 226 g/mol. The second-order valence-corrected chi connectivity index (χ2v) is 5.84. The van der Waals surface area contributed by atoms with Crippen LogP contribution in [0.15, 0.2) is 18.2 Å². The van der Waals surface area contributed by atoms with E-state index in [0.29, 0.717) is 6.10 Å². The molecule has 1 atom stereocenters. The second-order valence-electron chi connectivity index (χ2n) is 5.84. The molecule has 0 unspecified atom stereocenters. The Bertz CT molecular complexity index is 403. The fraction of sp³-hybridized carbons (Fsp3) is 0.600. The fourth-order valence-electron chi connectivity index (χ4n) is 2.23. The standard InChI is InChI=1S/C15H23NO2/c1-15(2,3)13-9-11(17-4)5-6-14(13)18-12-7-8-16-10-12/h5-6,9,12,16H,7-8,10H2,1-4H3/t12-/m0/s1. The summed E-state index contributed by atoms with van der Waals surface area (Å²) >= 11 is 0. The van der Waals surface area contributed by atoms with Gasteiger partial charge in [-0.25, -0.2) is 0 Å². The van der Waals surface area contributed by atoms with Gasteiger partial charge in [0.1, 0.15) is 17.6 Å². The monoisotopic (exact) mass is 249 g/mol. The van der Waals surface area contributed by atoms with Crippen molar-refractivity contribution in [1.29, 1.82) is 0 Å². The van der Waals surface area contributed by atoms with Crippen LogP contribution in [0.5, 0.6) is 11.5 Å². The van der Waals surface area contributed by atoms with Crippen LogP contribution in [0.1, 0.15) is 32.8 Å². The second kappa shape index (κ2) is 5.19. The van der Waals surface area contributed by atoms with Crippen molar-refractivity contribution in [3.8, 4) is 11.5 Å². The van der Waals surface area contributed by atoms with E-state index < -0.39 is 0 Å². The number of ether oxygens (including phenoxy) is 2. The molecule has 0 saturated carbocycles. The van der Waals surface area contributed by atoms with Crippen molar-refractivity contribution in [2.24, 2.45) is 0 Å². The zero-order chi connectivity index (χ0) is 13.2. The highest BCUT2D eigenvalue weighted by Gasteiger charge is 2.23. The van der Waals surface area contributed by atoms with Crippen LogP contribution in [0, 0.1) is 0 Å². The normalized spacial score (nSPS) is 19.9. The van der Waals surface area contributed by atoms with Crippen LogP contribution in [-0.2, 0) is 5.41 Å². The molecule has 1 aliphatic heterocycles. The number of benzene rings is 1. The van der Waals surface area contributed by atoms with E-state index in [4.69, 9.17) is 9.47 Å². The van der Waals surface area contributed by atoms with Crippen LogP contribution in [0.4, 0.5) is 0 Å².